The van der Waals surface area contributed by atoms with E-state index in [0.29, 0.717) is 36.0 Å². The van der Waals surface area contributed by atoms with E-state index in [1.165, 1.54) is 12.1 Å². The van der Waals surface area contributed by atoms with E-state index in [9.17, 15) is 14.0 Å². The highest BCUT2D eigenvalue weighted by Gasteiger charge is 2.39. The number of Topliss-reactive ketones (excluding diaryl/α,β-unsaturated/α-hetero) is 1. The van der Waals surface area contributed by atoms with Gasteiger partial charge < -0.3 is 9.69 Å². The van der Waals surface area contributed by atoms with Gasteiger partial charge in [0.15, 0.2) is 5.78 Å². The molecule has 2 heterocycles. The second-order valence-electron chi connectivity index (χ2n) is 7.86. The first-order valence-corrected chi connectivity index (χ1v) is 10.3. The minimum atomic E-state index is -0.599. The zero-order chi connectivity index (χ0) is 21.7. The van der Waals surface area contributed by atoms with Crippen LogP contribution >= 0.6 is 0 Å². The van der Waals surface area contributed by atoms with Crippen molar-refractivity contribution in [3.63, 3.8) is 0 Å². The number of benzene rings is 1. The first-order valence-electron chi connectivity index (χ1n) is 10.3. The first-order chi connectivity index (χ1) is 14.4. The standard InChI is InChI=1S/C24H28FN3O2/c1-4-23(30)18-6-7-20(25)19(14-18)17-9-12-26-22(15-17)21-8-10-24(16-29,27-21)11-13-28(3)5-2/h5-7,9,12,14-16,21,27H,2,4,8,10-11,13H2,1,3H3. The molecule has 1 saturated heterocycles. The van der Waals surface area contributed by atoms with Crippen LogP contribution in [0.5, 0.6) is 0 Å². The number of hydrogen-bond donors (Lipinski definition) is 1. The van der Waals surface area contributed by atoms with E-state index >= 15 is 0 Å². The number of ketones is 1. The van der Waals surface area contributed by atoms with Crippen LogP contribution in [-0.2, 0) is 4.79 Å². The van der Waals surface area contributed by atoms with Crippen LogP contribution in [0.4, 0.5) is 4.39 Å². The Hall–Kier alpha value is -2.86. The lowest BCUT2D eigenvalue weighted by Crippen LogP contribution is -2.44. The molecule has 6 heteroatoms. The van der Waals surface area contributed by atoms with Gasteiger partial charge in [0, 0.05) is 37.3 Å². The number of carbonyl (C=O) groups excluding carboxylic acids is 2. The summed E-state index contributed by atoms with van der Waals surface area (Å²) in [6.45, 7) is 6.25. The van der Waals surface area contributed by atoms with E-state index < -0.39 is 5.54 Å². The SMILES string of the molecule is C=CN(C)CCC1(C=O)CCC(c2cc(-c3cc(C(=O)CC)ccc3F)ccn2)N1. The van der Waals surface area contributed by atoms with Crippen LogP contribution in [0, 0.1) is 5.82 Å². The van der Waals surface area contributed by atoms with Crippen LogP contribution in [0.15, 0.2) is 49.3 Å². The molecule has 0 spiro atoms. The van der Waals surface area contributed by atoms with Crippen molar-refractivity contribution in [1.29, 1.82) is 0 Å². The third-order valence-electron chi connectivity index (χ3n) is 5.85. The summed E-state index contributed by atoms with van der Waals surface area (Å²) in [4.78, 5) is 30.3. The van der Waals surface area contributed by atoms with E-state index in [2.05, 4.69) is 16.9 Å². The number of nitrogens with zero attached hydrogens (tertiary/aromatic N) is 2. The van der Waals surface area contributed by atoms with Crippen LogP contribution in [0.2, 0.25) is 0 Å². The van der Waals surface area contributed by atoms with Crippen molar-refractivity contribution in [1.82, 2.24) is 15.2 Å². The molecule has 0 saturated carbocycles. The first kappa shape index (κ1) is 21.8. The molecule has 0 amide bonds. The molecule has 2 atom stereocenters. The topological polar surface area (TPSA) is 62.3 Å². The lowest BCUT2D eigenvalue weighted by Gasteiger charge is -2.26. The Morgan fingerprint density at radius 3 is 2.90 bits per heavy atom. The fraction of sp³-hybridized carbons (Fsp3) is 0.375. The van der Waals surface area contributed by atoms with Crippen molar-refractivity contribution in [3.05, 3.63) is 66.4 Å². The minimum absolute atomic E-state index is 0.0248. The maximum atomic E-state index is 14.5. The second kappa shape index (κ2) is 9.30. The van der Waals surface area contributed by atoms with E-state index in [4.69, 9.17) is 0 Å². The molecule has 1 aliphatic heterocycles. The van der Waals surface area contributed by atoms with Gasteiger partial charge >= 0.3 is 0 Å². The average Bonchev–Trinajstić information content (AvgIpc) is 3.22. The number of rotatable bonds is 9. The number of aromatic nitrogens is 1. The van der Waals surface area contributed by atoms with Gasteiger partial charge in [0.05, 0.1) is 17.3 Å². The van der Waals surface area contributed by atoms with Crippen LogP contribution in [0.1, 0.15) is 54.7 Å². The minimum Gasteiger partial charge on any atom is -0.381 e. The number of nitrogens with one attached hydrogen (secondary N) is 1. The Kier molecular flexibility index (Phi) is 6.77. The van der Waals surface area contributed by atoms with E-state index in [1.54, 1.807) is 31.5 Å². The van der Waals surface area contributed by atoms with Crippen LogP contribution < -0.4 is 5.32 Å². The summed E-state index contributed by atoms with van der Waals surface area (Å²) in [5.41, 5.74) is 1.71. The van der Waals surface area contributed by atoms with Gasteiger partial charge in [-0.25, -0.2) is 4.39 Å². The summed E-state index contributed by atoms with van der Waals surface area (Å²) in [5.74, 6) is -0.405. The second-order valence-corrected chi connectivity index (χ2v) is 7.86. The van der Waals surface area contributed by atoms with Crippen LogP contribution in [0.3, 0.4) is 0 Å². The summed E-state index contributed by atoms with van der Waals surface area (Å²) in [5, 5.41) is 3.44. The summed E-state index contributed by atoms with van der Waals surface area (Å²) >= 11 is 0. The molecule has 1 aromatic heterocycles. The summed E-state index contributed by atoms with van der Waals surface area (Å²) in [6, 6.07) is 7.94. The van der Waals surface area contributed by atoms with Crippen LogP contribution in [0.25, 0.3) is 11.1 Å². The summed E-state index contributed by atoms with van der Waals surface area (Å²) in [7, 11) is 1.93. The fourth-order valence-electron chi connectivity index (χ4n) is 3.86. The molecule has 1 fully saturated rings. The molecular formula is C24H28FN3O2. The third-order valence-corrected chi connectivity index (χ3v) is 5.85. The van der Waals surface area contributed by atoms with E-state index in [-0.39, 0.29) is 17.6 Å². The predicted molar refractivity (Wildman–Crippen MR) is 116 cm³/mol. The molecule has 1 aromatic carbocycles. The van der Waals surface area contributed by atoms with Gasteiger partial charge in [0.1, 0.15) is 12.1 Å². The van der Waals surface area contributed by atoms with Crippen molar-refractivity contribution >= 4 is 12.1 Å². The van der Waals surface area contributed by atoms with Gasteiger partial charge in [0.25, 0.3) is 0 Å². The molecule has 2 aromatic rings. The Morgan fingerprint density at radius 2 is 2.20 bits per heavy atom. The fourth-order valence-corrected chi connectivity index (χ4v) is 3.86. The quantitative estimate of drug-likeness (QED) is 0.494. The molecule has 5 nitrogen and oxygen atoms in total. The number of hydrogen-bond acceptors (Lipinski definition) is 5. The zero-order valence-corrected chi connectivity index (χ0v) is 17.5. The van der Waals surface area contributed by atoms with Gasteiger partial charge in [-0.1, -0.05) is 13.5 Å². The number of halogens is 1. The highest BCUT2D eigenvalue weighted by molar-refractivity contribution is 5.97. The van der Waals surface area contributed by atoms with Crippen molar-refractivity contribution in [3.8, 4) is 11.1 Å². The van der Waals surface area contributed by atoms with Gasteiger partial charge in [-0.15, -0.1) is 0 Å². The van der Waals surface area contributed by atoms with Gasteiger partial charge in [-0.2, -0.15) is 0 Å². The Bertz CT molecular complexity index is 946. The molecule has 2 unspecified atom stereocenters. The molecule has 0 radical (unpaired) electrons. The number of carbonyl (C=O) groups is 2. The average molecular weight is 410 g/mol. The molecule has 0 bridgehead atoms. The van der Waals surface area contributed by atoms with Gasteiger partial charge in [0.2, 0.25) is 0 Å². The molecule has 158 valence electrons. The molecule has 30 heavy (non-hydrogen) atoms. The molecule has 0 aliphatic carbocycles. The highest BCUT2D eigenvalue weighted by Crippen LogP contribution is 2.35. The highest BCUT2D eigenvalue weighted by atomic mass is 19.1. The Balaban J connectivity index is 1.84. The van der Waals surface area contributed by atoms with Crippen molar-refractivity contribution in [2.24, 2.45) is 0 Å². The Labute approximate surface area is 177 Å². The van der Waals surface area contributed by atoms with Crippen molar-refractivity contribution < 1.29 is 14.0 Å². The largest absolute Gasteiger partial charge is 0.381 e. The molecule has 1 N–H and O–H groups in total. The zero-order valence-electron chi connectivity index (χ0n) is 17.5. The Morgan fingerprint density at radius 1 is 1.40 bits per heavy atom. The summed E-state index contributed by atoms with van der Waals surface area (Å²) in [6.07, 6.45) is 6.90. The normalized spacial score (nSPS) is 20.7. The van der Waals surface area contributed by atoms with Crippen LogP contribution in [-0.4, -0.2) is 41.1 Å². The van der Waals surface area contributed by atoms with E-state index in [1.807, 2.05) is 18.0 Å². The number of pyridine rings is 1. The lowest BCUT2D eigenvalue weighted by atomic mass is 9.95. The molecule has 1 aliphatic rings. The molecule has 3 rings (SSSR count). The molecular weight excluding hydrogens is 381 g/mol. The smallest absolute Gasteiger partial charge is 0.162 e. The lowest BCUT2D eigenvalue weighted by molar-refractivity contribution is -0.113. The predicted octanol–water partition coefficient (Wildman–Crippen LogP) is 4.31. The monoisotopic (exact) mass is 409 g/mol. The van der Waals surface area contributed by atoms with Gasteiger partial charge in [-0.3, -0.25) is 15.1 Å². The number of aldehydes is 1. The summed E-state index contributed by atoms with van der Waals surface area (Å²) < 4.78 is 14.5. The van der Waals surface area contributed by atoms with Crippen molar-refractivity contribution in [2.45, 2.75) is 44.2 Å². The van der Waals surface area contributed by atoms with E-state index in [0.717, 1.165) is 24.9 Å². The van der Waals surface area contributed by atoms with Gasteiger partial charge in [-0.05, 0) is 61.4 Å². The maximum absolute atomic E-state index is 14.5. The third kappa shape index (κ3) is 4.65. The maximum Gasteiger partial charge on any atom is 0.162 e. The van der Waals surface area contributed by atoms with Crippen molar-refractivity contribution in [2.75, 3.05) is 13.6 Å².